The third kappa shape index (κ3) is 4.75. The normalized spacial score (nSPS) is 13.4. The van der Waals surface area contributed by atoms with Gasteiger partial charge in [0, 0.05) is 19.6 Å². The number of nitrogens with zero attached hydrogens (tertiary/aromatic N) is 2. The molecule has 1 atom stereocenters. The van der Waals surface area contributed by atoms with Crippen molar-refractivity contribution in [2.45, 2.75) is 6.10 Å². The van der Waals surface area contributed by atoms with Crippen molar-refractivity contribution in [3.05, 3.63) is 35.9 Å². The first kappa shape index (κ1) is 13.2. The van der Waals surface area contributed by atoms with E-state index in [0.29, 0.717) is 6.54 Å². The predicted octanol–water partition coefficient (Wildman–Crippen LogP) is 1.21. The molecule has 1 unspecified atom stereocenters. The molecule has 0 aliphatic heterocycles. The lowest BCUT2D eigenvalue weighted by molar-refractivity contribution is 0.123. The molecule has 0 amide bonds. The zero-order valence-electron chi connectivity index (χ0n) is 10.4. The van der Waals surface area contributed by atoms with Crippen LogP contribution in [0.3, 0.4) is 0 Å². The smallest absolute Gasteiger partial charge is 0.0916 e. The number of likely N-dealkylation sites (N-methyl/N-ethyl adjacent to an activating group) is 2. The summed E-state index contributed by atoms with van der Waals surface area (Å²) in [7, 11) is 6.15. The molecule has 90 valence electrons. The number of hydrogen-bond acceptors (Lipinski definition) is 3. The maximum atomic E-state index is 10.0. The highest BCUT2D eigenvalue weighted by molar-refractivity contribution is 5.17. The van der Waals surface area contributed by atoms with E-state index in [9.17, 15) is 5.11 Å². The minimum atomic E-state index is -0.395. The third-order valence-electron chi connectivity index (χ3n) is 2.60. The van der Waals surface area contributed by atoms with E-state index >= 15 is 0 Å². The van der Waals surface area contributed by atoms with Crippen LogP contribution in [0.15, 0.2) is 30.3 Å². The second-order valence-corrected chi connectivity index (χ2v) is 4.49. The fourth-order valence-corrected chi connectivity index (χ4v) is 1.54. The second kappa shape index (κ2) is 6.63. The van der Waals surface area contributed by atoms with Crippen LogP contribution in [-0.2, 0) is 0 Å². The van der Waals surface area contributed by atoms with E-state index in [2.05, 4.69) is 23.9 Å². The molecule has 0 aliphatic carbocycles. The maximum absolute atomic E-state index is 10.0. The van der Waals surface area contributed by atoms with Gasteiger partial charge in [-0.15, -0.1) is 0 Å². The van der Waals surface area contributed by atoms with Gasteiger partial charge in [-0.25, -0.2) is 0 Å². The summed E-state index contributed by atoms with van der Waals surface area (Å²) in [5.41, 5.74) is 0.985. The van der Waals surface area contributed by atoms with Gasteiger partial charge in [0.15, 0.2) is 0 Å². The molecule has 1 aromatic rings. The first-order chi connectivity index (χ1) is 7.59. The Hall–Kier alpha value is -0.900. The summed E-state index contributed by atoms with van der Waals surface area (Å²) in [5, 5.41) is 10.0. The molecule has 1 N–H and O–H groups in total. The molecule has 0 radical (unpaired) electrons. The molecule has 0 bridgehead atoms. The van der Waals surface area contributed by atoms with Crippen LogP contribution in [0.25, 0.3) is 0 Å². The largest absolute Gasteiger partial charge is 0.387 e. The predicted molar refractivity (Wildman–Crippen MR) is 67.5 cm³/mol. The highest BCUT2D eigenvalue weighted by Crippen LogP contribution is 2.12. The van der Waals surface area contributed by atoms with Crippen molar-refractivity contribution in [2.75, 3.05) is 40.8 Å². The van der Waals surface area contributed by atoms with Gasteiger partial charge in [0.25, 0.3) is 0 Å². The van der Waals surface area contributed by atoms with E-state index in [-0.39, 0.29) is 0 Å². The van der Waals surface area contributed by atoms with Gasteiger partial charge in [-0.2, -0.15) is 0 Å². The molecule has 0 heterocycles. The molecular formula is C13H22N2O. The average molecular weight is 222 g/mol. The fraction of sp³-hybridized carbons (Fsp3) is 0.538. The SMILES string of the molecule is CN(C)CCN(C)CC(O)c1ccccc1. The van der Waals surface area contributed by atoms with Gasteiger partial charge in [-0.3, -0.25) is 0 Å². The van der Waals surface area contributed by atoms with Crippen LogP contribution in [-0.4, -0.2) is 55.7 Å². The first-order valence-electron chi connectivity index (χ1n) is 5.66. The van der Waals surface area contributed by atoms with Crippen LogP contribution in [0.1, 0.15) is 11.7 Å². The van der Waals surface area contributed by atoms with Gasteiger partial charge in [0.2, 0.25) is 0 Å². The maximum Gasteiger partial charge on any atom is 0.0916 e. The van der Waals surface area contributed by atoms with Gasteiger partial charge < -0.3 is 14.9 Å². The zero-order valence-corrected chi connectivity index (χ0v) is 10.4. The van der Waals surface area contributed by atoms with Crippen molar-refractivity contribution in [1.82, 2.24) is 9.80 Å². The van der Waals surface area contributed by atoms with E-state index in [1.807, 2.05) is 37.4 Å². The van der Waals surface area contributed by atoms with Crippen LogP contribution in [0.2, 0.25) is 0 Å². The lowest BCUT2D eigenvalue weighted by atomic mass is 10.1. The minimum absolute atomic E-state index is 0.395. The Bertz CT molecular complexity index is 287. The van der Waals surface area contributed by atoms with Crippen LogP contribution in [0.5, 0.6) is 0 Å². The van der Waals surface area contributed by atoms with Gasteiger partial charge in [0.1, 0.15) is 0 Å². The van der Waals surface area contributed by atoms with Crippen molar-refractivity contribution >= 4 is 0 Å². The highest BCUT2D eigenvalue weighted by atomic mass is 16.3. The quantitative estimate of drug-likeness (QED) is 0.784. The summed E-state index contributed by atoms with van der Waals surface area (Å²) in [6, 6.07) is 9.80. The van der Waals surface area contributed by atoms with Gasteiger partial charge in [-0.05, 0) is 26.7 Å². The molecular weight excluding hydrogens is 200 g/mol. The van der Waals surface area contributed by atoms with Crippen molar-refractivity contribution in [1.29, 1.82) is 0 Å². The van der Waals surface area contributed by atoms with Crippen LogP contribution < -0.4 is 0 Å². The van der Waals surface area contributed by atoms with E-state index in [1.165, 1.54) is 0 Å². The van der Waals surface area contributed by atoms with E-state index in [4.69, 9.17) is 0 Å². The summed E-state index contributed by atoms with van der Waals surface area (Å²) in [4.78, 5) is 4.29. The molecule has 0 fully saturated rings. The Kier molecular flexibility index (Phi) is 5.46. The van der Waals surface area contributed by atoms with Crippen LogP contribution in [0, 0.1) is 0 Å². The Labute approximate surface area is 98.3 Å². The summed E-state index contributed by atoms with van der Waals surface area (Å²) < 4.78 is 0. The van der Waals surface area contributed by atoms with E-state index in [0.717, 1.165) is 18.7 Å². The number of aliphatic hydroxyl groups is 1. The summed E-state index contributed by atoms with van der Waals surface area (Å²) in [5.74, 6) is 0. The van der Waals surface area contributed by atoms with Crippen molar-refractivity contribution in [3.63, 3.8) is 0 Å². The lowest BCUT2D eigenvalue weighted by Crippen LogP contribution is -2.31. The molecule has 16 heavy (non-hydrogen) atoms. The molecule has 0 aliphatic rings. The fourth-order valence-electron chi connectivity index (χ4n) is 1.54. The number of hydrogen-bond donors (Lipinski definition) is 1. The Morgan fingerprint density at radius 1 is 1.06 bits per heavy atom. The average Bonchev–Trinajstić information content (AvgIpc) is 2.27. The molecule has 3 nitrogen and oxygen atoms in total. The van der Waals surface area contributed by atoms with Gasteiger partial charge in [-0.1, -0.05) is 30.3 Å². The monoisotopic (exact) mass is 222 g/mol. The molecule has 3 heteroatoms. The van der Waals surface area contributed by atoms with Gasteiger partial charge in [0.05, 0.1) is 6.10 Å². The van der Waals surface area contributed by atoms with E-state index < -0.39 is 6.10 Å². The van der Waals surface area contributed by atoms with E-state index in [1.54, 1.807) is 0 Å². The molecule has 0 saturated heterocycles. The molecule has 1 aromatic carbocycles. The number of aliphatic hydroxyl groups excluding tert-OH is 1. The van der Waals surface area contributed by atoms with Gasteiger partial charge >= 0.3 is 0 Å². The van der Waals surface area contributed by atoms with Crippen molar-refractivity contribution in [3.8, 4) is 0 Å². The summed E-state index contributed by atoms with van der Waals surface area (Å²) in [6.07, 6.45) is -0.395. The molecule has 0 spiro atoms. The molecule has 0 saturated carbocycles. The first-order valence-corrected chi connectivity index (χ1v) is 5.66. The lowest BCUT2D eigenvalue weighted by Gasteiger charge is -2.22. The van der Waals surface area contributed by atoms with Crippen molar-refractivity contribution < 1.29 is 5.11 Å². The highest BCUT2D eigenvalue weighted by Gasteiger charge is 2.09. The third-order valence-corrected chi connectivity index (χ3v) is 2.60. The second-order valence-electron chi connectivity index (χ2n) is 4.49. The summed E-state index contributed by atoms with van der Waals surface area (Å²) >= 11 is 0. The topological polar surface area (TPSA) is 26.7 Å². The summed E-state index contributed by atoms with van der Waals surface area (Å²) in [6.45, 7) is 2.66. The van der Waals surface area contributed by atoms with Crippen LogP contribution >= 0.6 is 0 Å². The Balaban J connectivity index is 2.36. The molecule has 1 rings (SSSR count). The van der Waals surface area contributed by atoms with Crippen LogP contribution in [0.4, 0.5) is 0 Å². The Morgan fingerprint density at radius 2 is 1.69 bits per heavy atom. The molecule has 0 aromatic heterocycles. The standard InChI is InChI=1S/C13H22N2O/c1-14(2)9-10-15(3)11-13(16)12-7-5-4-6-8-12/h4-8,13,16H,9-11H2,1-3H3. The van der Waals surface area contributed by atoms with Crippen molar-refractivity contribution in [2.24, 2.45) is 0 Å². The number of rotatable bonds is 6. The zero-order chi connectivity index (χ0) is 12.0. The minimum Gasteiger partial charge on any atom is -0.387 e. The number of benzene rings is 1. The Morgan fingerprint density at radius 3 is 2.25 bits per heavy atom.